The fraction of sp³-hybridized carbons (Fsp3) is 0.483. The van der Waals surface area contributed by atoms with E-state index < -0.39 is 16.4 Å². The summed E-state index contributed by atoms with van der Waals surface area (Å²) in [6, 6.07) is 9.39. The van der Waals surface area contributed by atoms with E-state index >= 15 is 0 Å². The first-order valence-electron chi connectivity index (χ1n) is 13.1. The summed E-state index contributed by atoms with van der Waals surface area (Å²) in [6.07, 6.45) is 6.72. The van der Waals surface area contributed by atoms with Crippen molar-refractivity contribution in [1.82, 2.24) is 13.9 Å². The van der Waals surface area contributed by atoms with Crippen molar-refractivity contribution >= 4 is 56.0 Å². The molecule has 0 aliphatic carbocycles. The van der Waals surface area contributed by atoms with Gasteiger partial charge in [-0.1, -0.05) is 18.2 Å². The number of aromatic nitrogens is 2. The first-order chi connectivity index (χ1) is 18.3. The van der Waals surface area contributed by atoms with Crippen LogP contribution in [0, 0.1) is 0 Å². The molecule has 2 aliphatic rings. The minimum atomic E-state index is -1.48. The molecule has 4 heterocycles. The Hall–Kier alpha value is -2.56. The number of likely N-dealkylation sites (tertiary alicyclic amines) is 1. The van der Waals surface area contributed by atoms with Gasteiger partial charge in [-0.05, 0) is 81.9 Å². The highest BCUT2D eigenvalue weighted by molar-refractivity contribution is 9.10. The van der Waals surface area contributed by atoms with Crippen molar-refractivity contribution in [3.05, 3.63) is 52.8 Å². The number of rotatable bonds is 5. The highest BCUT2D eigenvalue weighted by Crippen LogP contribution is 2.50. The zero-order valence-electron chi connectivity index (χ0n) is 23.6. The highest BCUT2D eigenvalue weighted by Gasteiger charge is 2.50. The zero-order chi connectivity index (χ0) is 28.7. The second-order valence-corrected chi connectivity index (χ2v) is 13.6. The summed E-state index contributed by atoms with van der Waals surface area (Å²) in [5.41, 5.74) is 1.40. The Morgan fingerprint density at radius 2 is 1.87 bits per heavy atom. The molecule has 0 N–H and O–H groups in total. The van der Waals surface area contributed by atoms with Crippen LogP contribution >= 0.6 is 15.9 Å². The number of halogens is 1. The number of amides is 2. The van der Waals surface area contributed by atoms with Crippen LogP contribution in [0.25, 0.3) is 11.0 Å². The van der Waals surface area contributed by atoms with Gasteiger partial charge in [-0.15, -0.1) is 0 Å². The molecule has 0 radical (unpaired) electrons. The number of hydrogen-bond acceptors (Lipinski definition) is 5. The fourth-order valence-corrected chi connectivity index (χ4v) is 7.27. The van der Waals surface area contributed by atoms with Gasteiger partial charge in [0.2, 0.25) is 12.3 Å². The molecule has 2 aliphatic heterocycles. The fourth-order valence-electron chi connectivity index (χ4n) is 5.44. The summed E-state index contributed by atoms with van der Waals surface area (Å²) in [5, 5.41) is 0.792. The van der Waals surface area contributed by atoms with Crippen molar-refractivity contribution in [3.8, 4) is 0 Å². The average Bonchev–Trinajstić information content (AvgIpc) is 3.50. The van der Waals surface area contributed by atoms with E-state index in [9.17, 15) is 13.8 Å². The van der Waals surface area contributed by atoms with Gasteiger partial charge in [-0.3, -0.25) is 9.59 Å². The van der Waals surface area contributed by atoms with Crippen molar-refractivity contribution in [2.45, 2.75) is 81.9 Å². The lowest BCUT2D eigenvalue weighted by Crippen LogP contribution is -2.43. The first-order valence-corrected chi connectivity index (χ1v) is 15.0. The van der Waals surface area contributed by atoms with E-state index in [1.807, 2.05) is 69.9 Å². The van der Waals surface area contributed by atoms with Crippen molar-refractivity contribution < 1.29 is 18.5 Å². The lowest BCUT2D eigenvalue weighted by molar-refractivity contribution is -0.125. The SMILES string of the molecule is CC1CCC(CC2(C)C(=O)N(C)c3cnc4c(c(Br)cn4S(=O)c4ccccc4)c32)N1C=O.COC(C)(C)C. The summed E-state index contributed by atoms with van der Waals surface area (Å²) < 4.78 is 20.7. The summed E-state index contributed by atoms with van der Waals surface area (Å²) in [7, 11) is 1.99. The summed E-state index contributed by atoms with van der Waals surface area (Å²) >= 11 is 3.66. The lowest BCUT2D eigenvalue weighted by Gasteiger charge is -2.31. The van der Waals surface area contributed by atoms with Gasteiger partial charge in [-0.2, -0.15) is 0 Å². The zero-order valence-corrected chi connectivity index (χ0v) is 26.0. The van der Waals surface area contributed by atoms with Gasteiger partial charge < -0.3 is 14.5 Å². The molecule has 0 bridgehead atoms. The second-order valence-electron chi connectivity index (χ2n) is 11.4. The van der Waals surface area contributed by atoms with Crippen molar-refractivity contribution in [2.75, 3.05) is 19.1 Å². The molecule has 1 aromatic carbocycles. The molecule has 0 spiro atoms. The molecule has 2 amide bonds. The largest absolute Gasteiger partial charge is 0.379 e. The van der Waals surface area contributed by atoms with Crippen LogP contribution < -0.4 is 4.90 Å². The number of carbonyl (C=O) groups excluding carboxylic acids is 2. The van der Waals surface area contributed by atoms with E-state index in [1.54, 1.807) is 35.4 Å². The molecule has 8 nitrogen and oxygen atoms in total. The van der Waals surface area contributed by atoms with E-state index in [0.29, 0.717) is 17.0 Å². The van der Waals surface area contributed by atoms with E-state index in [2.05, 4.69) is 20.9 Å². The molecule has 1 saturated heterocycles. The minimum absolute atomic E-state index is 0.00618. The number of pyridine rings is 1. The smallest absolute Gasteiger partial charge is 0.237 e. The van der Waals surface area contributed by atoms with Gasteiger partial charge in [0.05, 0.1) is 27.8 Å². The van der Waals surface area contributed by atoms with Crippen molar-refractivity contribution in [1.29, 1.82) is 0 Å². The van der Waals surface area contributed by atoms with Gasteiger partial charge in [0, 0.05) is 47.9 Å². The predicted molar refractivity (Wildman–Crippen MR) is 158 cm³/mol. The molecule has 4 unspecified atom stereocenters. The average molecular weight is 618 g/mol. The minimum Gasteiger partial charge on any atom is -0.379 e. The van der Waals surface area contributed by atoms with Gasteiger partial charge in [0.15, 0.2) is 16.6 Å². The Kier molecular flexibility index (Phi) is 8.40. The molecule has 4 atom stereocenters. The topological polar surface area (TPSA) is 84.7 Å². The summed E-state index contributed by atoms with van der Waals surface area (Å²) in [4.78, 5) is 34.1. The maximum atomic E-state index is 13.6. The molecular formula is C29H37BrN4O4S. The monoisotopic (exact) mass is 616 g/mol. The number of benzene rings is 1. The van der Waals surface area contributed by atoms with Gasteiger partial charge in [0.1, 0.15) is 0 Å². The van der Waals surface area contributed by atoms with Gasteiger partial charge in [-0.25, -0.2) is 13.2 Å². The van der Waals surface area contributed by atoms with Gasteiger partial charge in [0.25, 0.3) is 0 Å². The first kappa shape index (κ1) is 29.4. The lowest BCUT2D eigenvalue weighted by atomic mass is 9.77. The molecular weight excluding hydrogens is 580 g/mol. The number of methoxy groups -OCH3 is 1. The van der Waals surface area contributed by atoms with Crippen LogP contribution in [0.1, 0.15) is 59.4 Å². The normalized spacial score (nSPS) is 23.5. The third-order valence-corrected chi connectivity index (χ3v) is 9.67. The Bertz CT molecular complexity index is 1400. The second kappa shape index (κ2) is 11.1. The number of fused-ring (bicyclic) bond motifs is 3. The van der Waals surface area contributed by atoms with Crippen LogP contribution in [0.3, 0.4) is 0 Å². The van der Waals surface area contributed by atoms with E-state index in [0.717, 1.165) is 40.4 Å². The number of likely N-dealkylation sites (N-methyl/N-ethyl adjacent to an activating group) is 1. The highest BCUT2D eigenvalue weighted by atomic mass is 79.9. The molecule has 1 fully saturated rings. The maximum absolute atomic E-state index is 13.6. The Labute approximate surface area is 241 Å². The van der Waals surface area contributed by atoms with Crippen molar-refractivity contribution in [2.24, 2.45) is 0 Å². The quantitative estimate of drug-likeness (QED) is 0.357. The predicted octanol–water partition coefficient (Wildman–Crippen LogP) is 5.43. The molecule has 210 valence electrons. The third kappa shape index (κ3) is 5.43. The molecule has 3 aromatic rings. The van der Waals surface area contributed by atoms with Crippen LogP contribution in [0.15, 0.2) is 52.1 Å². The van der Waals surface area contributed by atoms with Crippen molar-refractivity contribution in [3.63, 3.8) is 0 Å². The summed E-state index contributed by atoms with van der Waals surface area (Å²) in [5.74, 6) is -0.0129. The molecule has 39 heavy (non-hydrogen) atoms. The molecule has 0 saturated carbocycles. The van der Waals surface area contributed by atoms with Crippen LogP contribution in [-0.4, -0.2) is 62.2 Å². The number of carbonyl (C=O) groups is 2. The number of ether oxygens (including phenoxy) is 1. The van der Waals surface area contributed by atoms with E-state index in [-0.39, 0.29) is 23.6 Å². The standard InChI is InChI=1S/C24H25BrN4O3S.C5H12O/c1-15-9-10-16(28(15)14-30)11-24(2)21-19(27(3)23(24)31)12-26-22-20(21)18(25)13-29(22)33(32)17-7-5-4-6-8-17;1-5(2,3)6-4/h4-8,12-16H,9-11H2,1-3H3;1-4H3. The maximum Gasteiger partial charge on any atom is 0.237 e. The van der Waals surface area contributed by atoms with Crippen LogP contribution in [-0.2, 0) is 30.7 Å². The molecule has 5 rings (SSSR count). The number of anilines is 1. The van der Waals surface area contributed by atoms with E-state index in [1.165, 1.54) is 0 Å². The van der Waals surface area contributed by atoms with Crippen LogP contribution in [0.4, 0.5) is 5.69 Å². The van der Waals surface area contributed by atoms with Gasteiger partial charge >= 0.3 is 0 Å². The number of hydrogen-bond donors (Lipinski definition) is 0. The Morgan fingerprint density at radius 3 is 2.46 bits per heavy atom. The summed E-state index contributed by atoms with van der Waals surface area (Å²) in [6.45, 7) is 10.1. The Balaban J connectivity index is 0.000000531. The van der Waals surface area contributed by atoms with E-state index in [4.69, 9.17) is 4.74 Å². The molecule has 10 heteroatoms. The number of nitrogens with zero attached hydrogens (tertiary/aromatic N) is 4. The Morgan fingerprint density at radius 1 is 1.23 bits per heavy atom. The van der Waals surface area contributed by atoms with Crippen LogP contribution in [0.2, 0.25) is 0 Å². The van der Waals surface area contributed by atoms with Crippen LogP contribution in [0.5, 0.6) is 0 Å². The third-order valence-electron chi connectivity index (χ3n) is 7.76. The molecule has 2 aromatic heterocycles.